The van der Waals surface area contributed by atoms with Crippen molar-refractivity contribution in [2.75, 3.05) is 24.4 Å². The number of carbonyl (C=O) groups is 2. The molecule has 1 aliphatic heterocycles. The molecule has 2 heterocycles. The standard InChI is InChI=1S/C21H29N5O4/c1-3-10-30-13-26-12-18-15-9-8-14(23-21(28)29-2)11-17(15)24-19(27)7-5-4-6-16(22)20(26)25-18/h8-9,11-12,16H,3-7,10,13,22H2,1-2H3,(H,23,28)(H,24,27)/t16-/m0/s1. The Labute approximate surface area is 175 Å². The number of anilines is 2. The molecular weight excluding hydrogens is 386 g/mol. The van der Waals surface area contributed by atoms with Gasteiger partial charge < -0.3 is 25.1 Å². The molecule has 4 N–H and O–H groups in total. The molecule has 0 aliphatic carbocycles. The molecule has 1 aliphatic rings. The Morgan fingerprint density at radius 3 is 3.00 bits per heavy atom. The molecule has 30 heavy (non-hydrogen) atoms. The average Bonchev–Trinajstić information content (AvgIpc) is 3.15. The summed E-state index contributed by atoms with van der Waals surface area (Å²) in [6.45, 7) is 3.07. The van der Waals surface area contributed by atoms with Gasteiger partial charge in [0.15, 0.2) is 0 Å². The number of carbonyl (C=O) groups excluding carboxylic acids is 2. The number of nitrogens with one attached hydrogen (secondary N) is 2. The molecule has 2 bridgehead atoms. The van der Waals surface area contributed by atoms with Crippen LogP contribution in [0.25, 0.3) is 11.3 Å². The molecule has 162 valence electrons. The highest BCUT2D eigenvalue weighted by atomic mass is 16.5. The topological polar surface area (TPSA) is 121 Å². The van der Waals surface area contributed by atoms with Gasteiger partial charge in [0.05, 0.1) is 24.5 Å². The molecule has 0 saturated carbocycles. The normalized spacial score (nSPS) is 16.6. The van der Waals surface area contributed by atoms with Gasteiger partial charge in [-0.05, 0) is 37.5 Å². The van der Waals surface area contributed by atoms with E-state index >= 15 is 0 Å². The Morgan fingerprint density at radius 2 is 2.23 bits per heavy atom. The third-order valence-corrected chi connectivity index (χ3v) is 4.89. The van der Waals surface area contributed by atoms with Gasteiger partial charge in [0.1, 0.15) is 12.6 Å². The zero-order chi connectivity index (χ0) is 21.5. The van der Waals surface area contributed by atoms with Gasteiger partial charge in [-0.2, -0.15) is 0 Å². The van der Waals surface area contributed by atoms with Crippen LogP contribution < -0.4 is 16.4 Å². The van der Waals surface area contributed by atoms with Crippen LogP contribution in [0.5, 0.6) is 0 Å². The van der Waals surface area contributed by atoms with E-state index in [1.54, 1.807) is 12.1 Å². The predicted octanol–water partition coefficient (Wildman–Crippen LogP) is 3.62. The zero-order valence-corrected chi connectivity index (χ0v) is 17.4. The van der Waals surface area contributed by atoms with Crippen molar-refractivity contribution in [1.82, 2.24) is 9.55 Å². The number of ether oxygens (including phenoxy) is 2. The van der Waals surface area contributed by atoms with Crippen LogP contribution in [-0.2, 0) is 21.0 Å². The fourth-order valence-corrected chi connectivity index (χ4v) is 3.38. The first kappa shape index (κ1) is 21.8. The fraction of sp³-hybridized carbons (Fsp3) is 0.476. The number of rotatable bonds is 5. The van der Waals surface area contributed by atoms with Crippen molar-refractivity contribution in [3.8, 4) is 11.3 Å². The molecule has 0 spiro atoms. The van der Waals surface area contributed by atoms with Crippen LogP contribution in [0.15, 0.2) is 24.4 Å². The quantitative estimate of drug-likeness (QED) is 0.642. The predicted molar refractivity (Wildman–Crippen MR) is 114 cm³/mol. The Balaban J connectivity index is 2.02. The second kappa shape index (κ2) is 10.2. The summed E-state index contributed by atoms with van der Waals surface area (Å²) in [5, 5.41) is 5.57. The maximum Gasteiger partial charge on any atom is 0.411 e. The number of methoxy groups -OCH3 is 1. The van der Waals surface area contributed by atoms with E-state index in [0.717, 1.165) is 37.1 Å². The lowest BCUT2D eigenvalue weighted by Crippen LogP contribution is -2.18. The maximum absolute atomic E-state index is 12.4. The third-order valence-electron chi connectivity index (χ3n) is 4.89. The van der Waals surface area contributed by atoms with Crippen LogP contribution in [0.4, 0.5) is 16.2 Å². The molecule has 2 amide bonds. The first-order valence-corrected chi connectivity index (χ1v) is 10.2. The van der Waals surface area contributed by atoms with Gasteiger partial charge >= 0.3 is 6.09 Å². The van der Waals surface area contributed by atoms with Gasteiger partial charge in [-0.3, -0.25) is 10.1 Å². The van der Waals surface area contributed by atoms with Crippen LogP contribution in [-0.4, -0.2) is 35.3 Å². The minimum absolute atomic E-state index is 0.0912. The van der Waals surface area contributed by atoms with Gasteiger partial charge in [0, 0.05) is 30.5 Å². The summed E-state index contributed by atoms with van der Waals surface area (Å²) in [6.07, 6.45) is 4.93. The molecule has 0 fully saturated rings. The van der Waals surface area contributed by atoms with E-state index in [0.29, 0.717) is 36.8 Å². The van der Waals surface area contributed by atoms with Crippen molar-refractivity contribution in [2.24, 2.45) is 5.73 Å². The van der Waals surface area contributed by atoms with E-state index in [2.05, 4.69) is 22.3 Å². The van der Waals surface area contributed by atoms with Crippen molar-refractivity contribution in [3.63, 3.8) is 0 Å². The Kier molecular flexibility index (Phi) is 7.42. The lowest BCUT2D eigenvalue weighted by atomic mass is 10.1. The van der Waals surface area contributed by atoms with Crippen molar-refractivity contribution < 1.29 is 19.1 Å². The third kappa shape index (κ3) is 5.37. The van der Waals surface area contributed by atoms with Gasteiger partial charge in [0.25, 0.3) is 0 Å². The Bertz CT molecular complexity index is 896. The van der Waals surface area contributed by atoms with Crippen LogP contribution in [0.2, 0.25) is 0 Å². The minimum atomic E-state index is -0.583. The van der Waals surface area contributed by atoms with E-state index in [1.165, 1.54) is 7.11 Å². The molecule has 3 rings (SSSR count). The molecule has 1 atom stereocenters. The van der Waals surface area contributed by atoms with Crippen molar-refractivity contribution in [2.45, 2.75) is 51.8 Å². The Morgan fingerprint density at radius 1 is 1.40 bits per heavy atom. The second-order valence-corrected chi connectivity index (χ2v) is 7.27. The van der Waals surface area contributed by atoms with Gasteiger partial charge in [-0.25, -0.2) is 9.78 Å². The van der Waals surface area contributed by atoms with Crippen LogP contribution in [0.3, 0.4) is 0 Å². The number of nitrogens with two attached hydrogens (primary N) is 1. The van der Waals surface area contributed by atoms with Crippen molar-refractivity contribution in [3.05, 3.63) is 30.2 Å². The molecule has 1 aromatic heterocycles. The van der Waals surface area contributed by atoms with Gasteiger partial charge in [-0.1, -0.05) is 13.3 Å². The highest BCUT2D eigenvalue weighted by Gasteiger charge is 2.20. The zero-order valence-electron chi connectivity index (χ0n) is 17.4. The lowest BCUT2D eigenvalue weighted by molar-refractivity contribution is -0.116. The van der Waals surface area contributed by atoms with E-state index in [4.69, 9.17) is 15.5 Å². The smallest absolute Gasteiger partial charge is 0.411 e. The summed E-state index contributed by atoms with van der Waals surface area (Å²) in [5.41, 5.74) is 8.91. The highest BCUT2D eigenvalue weighted by Crippen LogP contribution is 2.32. The molecule has 9 heteroatoms. The largest absolute Gasteiger partial charge is 0.453 e. The summed E-state index contributed by atoms with van der Waals surface area (Å²) < 4.78 is 12.3. The number of hydrogen-bond acceptors (Lipinski definition) is 6. The van der Waals surface area contributed by atoms with Crippen LogP contribution in [0.1, 0.15) is 50.9 Å². The monoisotopic (exact) mass is 415 g/mol. The molecule has 1 aromatic carbocycles. The van der Waals surface area contributed by atoms with E-state index in [1.807, 2.05) is 16.8 Å². The van der Waals surface area contributed by atoms with Gasteiger partial charge in [-0.15, -0.1) is 0 Å². The number of benzene rings is 1. The number of fused-ring (bicyclic) bond motifs is 4. The summed E-state index contributed by atoms with van der Waals surface area (Å²) in [4.78, 5) is 28.8. The first-order chi connectivity index (χ1) is 14.5. The van der Waals surface area contributed by atoms with Crippen LogP contribution >= 0.6 is 0 Å². The highest BCUT2D eigenvalue weighted by molar-refractivity contribution is 5.97. The van der Waals surface area contributed by atoms with Gasteiger partial charge in [0.2, 0.25) is 5.91 Å². The number of imidazole rings is 1. The van der Waals surface area contributed by atoms with Crippen LogP contribution in [0, 0.1) is 0 Å². The second-order valence-electron chi connectivity index (χ2n) is 7.27. The van der Waals surface area contributed by atoms with E-state index in [9.17, 15) is 9.59 Å². The molecule has 9 nitrogen and oxygen atoms in total. The molecule has 0 unspecified atom stereocenters. The molecule has 0 radical (unpaired) electrons. The number of aromatic nitrogens is 2. The lowest BCUT2D eigenvalue weighted by Gasteiger charge is -2.15. The molecular formula is C21H29N5O4. The summed E-state index contributed by atoms with van der Waals surface area (Å²) in [6, 6.07) is 5.00. The molecule has 0 saturated heterocycles. The maximum atomic E-state index is 12.4. The average molecular weight is 415 g/mol. The van der Waals surface area contributed by atoms with Crippen molar-refractivity contribution >= 4 is 23.4 Å². The fourth-order valence-electron chi connectivity index (χ4n) is 3.38. The minimum Gasteiger partial charge on any atom is -0.453 e. The molecule has 2 aromatic rings. The number of nitrogens with zero attached hydrogens (tertiary/aromatic N) is 2. The SMILES string of the molecule is CCCOCn1cc2nc1[C@@H](N)CCCCC(=O)Nc1cc(NC(=O)OC)ccc1-2. The number of hydrogen-bond donors (Lipinski definition) is 3. The Hall–Kier alpha value is -2.91. The number of amides is 2. The summed E-state index contributed by atoms with van der Waals surface area (Å²) in [7, 11) is 1.29. The van der Waals surface area contributed by atoms with Crippen molar-refractivity contribution in [1.29, 1.82) is 0 Å². The van der Waals surface area contributed by atoms with E-state index < -0.39 is 6.09 Å². The summed E-state index contributed by atoms with van der Waals surface area (Å²) in [5.74, 6) is 0.669. The summed E-state index contributed by atoms with van der Waals surface area (Å²) >= 11 is 0. The van der Waals surface area contributed by atoms with E-state index in [-0.39, 0.29) is 11.9 Å². The first-order valence-electron chi connectivity index (χ1n) is 10.2.